The summed E-state index contributed by atoms with van der Waals surface area (Å²) >= 11 is 0. The SMILES string of the molecule is CC1/C=C/C=C/C=C/C=C/C=C/C=C/C=C/C(OC2OC(C)C(O)C(N)C2O)CC2OC(O)(CC(O)CC(O)CC(O)CCCC(O)CC(O)CC(=O)OC1C(C)CCC(O)CC(=O)c1ccc(N)cc1)CC(O)C2C(=O)O. The second-order valence-corrected chi connectivity index (χ2v) is 21.2. The number of cyclic esters (lactones) is 1. The molecule has 1 aromatic rings. The monoisotopic (exact) mass is 1100 g/mol. The normalized spacial score (nSPS) is 38.7. The minimum atomic E-state index is -2.29. The summed E-state index contributed by atoms with van der Waals surface area (Å²) in [5.41, 5.74) is 12.7. The molecule has 19 unspecified atom stereocenters. The van der Waals surface area contributed by atoms with Crippen molar-refractivity contribution in [1.82, 2.24) is 0 Å². The number of carboxylic acids is 1. The Balaban J connectivity index is 1.52. The highest BCUT2D eigenvalue weighted by Crippen LogP contribution is 2.38. The third kappa shape index (κ3) is 22.8. The zero-order chi connectivity index (χ0) is 57.5. The van der Waals surface area contributed by atoms with Gasteiger partial charge >= 0.3 is 11.9 Å². The van der Waals surface area contributed by atoms with Crippen LogP contribution in [0, 0.1) is 17.8 Å². The number of nitrogens with two attached hydrogens (primary N) is 2. The first-order valence-electron chi connectivity index (χ1n) is 27.0. The standard InChI is InChI=1S/C58H86N2O18/c1-35-17-14-12-10-8-6-4-5-7-9-11-13-15-20-46(76-57-54(71)52(60)53(70)37(3)75-57)32-49-51(56(72)73)48(68)34-58(74,78-49)33-45(66)29-43(64)27-40(61)18-16-19-41(62)28-44(65)31-50(69)77-55(35)36(2)21-26-42(63)30-47(67)38-22-24-39(59)25-23-38/h4-15,17,20,22-25,35-37,40-46,48-49,51-55,57,61-66,68,70-71,74H,16,18-19,21,26-34,59-60H2,1-3H3,(H,72,73)/b5-4+,8-6+,9-7+,12-10+,13-11+,17-14+,20-15+. The molecule has 436 valence electrons. The van der Waals surface area contributed by atoms with Gasteiger partial charge < -0.3 is 86.6 Å². The molecule has 0 spiro atoms. The molecule has 3 aliphatic heterocycles. The fourth-order valence-corrected chi connectivity index (χ4v) is 9.95. The number of carboxylic acid groups (broad SMARTS) is 1. The number of aliphatic hydroxyl groups excluding tert-OH is 9. The molecular formula is C58H86N2O18. The highest BCUT2D eigenvalue weighted by atomic mass is 16.7. The van der Waals surface area contributed by atoms with Gasteiger partial charge in [0.25, 0.3) is 0 Å². The second kappa shape index (κ2) is 33.1. The average molecular weight is 1100 g/mol. The predicted octanol–water partition coefficient (Wildman–Crippen LogP) is 3.11. The van der Waals surface area contributed by atoms with Crippen LogP contribution < -0.4 is 11.5 Å². The first kappa shape index (κ1) is 65.8. The number of hydrogen-bond donors (Lipinski definition) is 13. The fraction of sp³-hybridized carbons (Fsp3) is 0.603. The van der Waals surface area contributed by atoms with Crippen LogP contribution in [0.5, 0.6) is 0 Å². The van der Waals surface area contributed by atoms with Crippen LogP contribution >= 0.6 is 0 Å². The number of fused-ring (bicyclic) bond motifs is 2. The van der Waals surface area contributed by atoms with Crippen molar-refractivity contribution in [2.75, 3.05) is 5.73 Å². The van der Waals surface area contributed by atoms with Gasteiger partial charge in [-0.15, -0.1) is 0 Å². The average Bonchev–Trinajstić information content (AvgIpc) is 3.37. The molecular weight excluding hydrogens is 1010 g/mol. The summed E-state index contributed by atoms with van der Waals surface area (Å²) in [6, 6.07) is 5.30. The lowest BCUT2D eigenvalue weighted by molar-refractivity contribution is -0.308. The Morgan fingerprint density at radius 2 is 1.28 bits per heavy atom. The van der Waals surface area contributed by atoms with Gasteiger partial charge in [-0.2, -0.15) is 0 Å². The van der Waals surface area contributed by atoms with E-state index in [4.69, 9.17) is 30.4 Å². The van der Waals surface area contributed by atoms with Crippen LogP contribution in [0.1, 0.15) is 115 Å². The van der Waals surface area contributed by atoms with Crippen molar-refractivity contribution >= 4 is 23.4 Å². The lowest BCUT2D eigenvalue weighted by Gasteiger charge is -2.45. The molecule has 2 fully saturated rings. The van der Waals surface area contributed by atoms with E-state index in [-0.39, 0.29) is 75.4 Å². The first-order chi connectivity index (χ1) is 36.9. The van der Waals surface area contributed by atoms with E-state index < -0.39 is 135 Å². The van der Waals surface area contributed by atoms with Gasteiger partial charge in [-0.05, 0) is 88.5 Å². The van der Waals surface area contributed by atoms with E-state index in [2.05, 4.69) is 0 Å². The van der Waals surface area contributed by atoms with Crippen molar-refractivity contribution in [2.45, 2.75) is 202 Å². The van der Waals surface area contributed by atoms with E-state index in [1.54, 1.807) is 97.2 Å². The van der Waals surface area contributed by atoms with Gasteiger partial charge in [0.15, 0.2) is 17.9 Å². The predicted molar refractivity (Wildman–Crippen MR) is 290 cm³/mol. The number of rotatable bonds is 10. The molecule has 0 aromatic heterocycles. The zero-order valence-electron chi connectivity index (χ0n) is 44.9. The van der Waals surface area contributed by atoms with E-state index in [0.29, 0.717) is 17.7 Å². The number of benzene rings is 1. The quantitative estimate of drug-likeness (QED) is 0.0909. The molecule has 19 atom stereocenters. The molecule has 4 rings (SSSR count). The summed E-state index contributed by atoms with van der Waals surface area (Å²) in [5, 5.41) is 119. The number of anilines is 1. The molecule has 2 saturated heterocycles. The van der Waals surface area contributed by atoms with Gasteiger partial charge in [-0.1, -0.05) is 98.9 Å². The van der Waals surface area contributed by atoms with Crippen LogP contribution in [0.2, 0.25) is 0 Å². The lowest BCUT2D eigenvalue weighted by atomic mass is 9.82. The first-order valence-corrected chi connectivity index (χ1v) is 27.0. The van der Waals surface area contributed by atoms with Crippen LogP contribution in [-0.2, 0) is 28.5 Å². The van der Waals surface area contributed by atoms with E-state index >= 15 is 0 Å². The third-order valence-electron chi connectivity index (χ3n) is 14.3. The Morgan fingerprint density at radius 3 is 1.87 bits per heavy atom. The summed E-state index contributed by atoms with van der Waals surface area (Å²) in [5.74, 6) is -6.83. The smallest absolute Gasteiger partial charge is 0.311 e. The van der Waals surface area contributed by atoms with E-state index in [1.165, 1.54) is 13.0 Å². The number of ketones is 1. The van der Waals surface area contributed by atoms with Gasteiger partial charge in [0.1, 0.15) is 18.1 Å². The Bertz CT molecular complexity index is 2200. The fourth-order valence-electron chi connectivity index (χ4n) is 9.95. The molecule has 15 N–H and O–H groups in total. The number of carbonyl (C=O) groups excluding carboxylic acids is 2. The molecule has 0 aliphatic carbocycles. The molecule has 20 nitrogen and oxygen atoms in total. The van der Waals surface area contributed by atoms with Crippen LogP contribution in [-0.4, -0.2) is 171 Å². The number of Topliss-reactive ketones (excluding diaryl/α,β-unsaturated/α-hetero) is 1. The Morgan fingerprint density at radius 1 is 0.731 bits per heavy atom. The Hall–Kier alpha value is -4.75. The van der Waals surface area contributed by atoms with Crippen molar-refractivity contribution in [3.05, 3.63) is 115 Å². The molecule has 2 bridgehead atoms. The lowest BCUT2D eigenvalue weighted by Crippen LogP contribution is -2.61. The van der Waals surface area contributed by atoms with Gasteiger partial charge in [-0.3, -0.25) is 14.4 Å². The van der Waals surface area contributed by atoms with Crippen LogP contribution in [0.15, 0.2) is 109 Å². The number of nitrogen functional groups attached to an aromatic ring is 1. The molecule has 3 aliphatic rings. The topological polar surface area (TPSA) is 363 Å². The second-order valence-electron chi connectivity index (χ2n) is 21.2. The summed E-state index contributed by atoms with van der Waals surface area (Å²) in [4.78, 5) is 38.6. The van der Waals surface area contributed by atoms with E-state index in [0.717, 1.165) is 0 Å². The maximum atomic E-state index is 13.3. The Kier molecular flexibility index (Phi) is 27.9. The maximum Gasteiger partial charge on any atom is 0.311 e. The molecule has 1 aromatic carbocycles. The molecule has 0 radical (unpaired) electrons. The molecule has 78 heavy (non-hydrogen) atoms. The molecule has 0 saturated carbocycles. The van der Waals surface area contributed by atoms with Gasteiger partial charge in [-0.25, -0.2) is 0 Å². The van der Waals surface area contributed by atoms with Crippen LogP contribution in [0.4, 0.5) is 5.69 Å². The largest absolute Gasteiger partial charge is 0.481 e. The van der Waals surface area contributed by atoms with Crippen molar-refractivity contribution in [1.29, 1.82) is 0 Å². The Labute approximate surface area is 457 Å². The summed E-state index contributed by atoms with van der Waals surface area (Å²) < 4.78 is 23.8. The van der Waals surface area contributed by atoms with Crippen LogP contribution in [0.3, 0.4) is 0 Å². The number of carbonyl (C=O) groups is 3. The number of allylic oxidation sites excluding steroid dienone is 12. The molecule has 20 heteroatoms. The zero-order valence-corrected chi connectivity index (χ0v) is 44.9. The van der Waals surface area contributed by atoms with E-state index in [9.17, 15) is 70.6 Å². The minimum Gasteiger partial charge on any atom is -0.481 e. The van der Waals surface area contributed by atoms with Gasteiger partial charge in [0, 0.05) is 42.9 Å². The number of esters is 1. The van der Waals surface area contributed by atoms with Crippen molar-refractivity contribution < 1.29 is 89.5 Å². The summed E-state index contributed by atoms with van der Waals surface area (Å²) in [7, 11) is 0. The highest BCUT2D eigenvalue weighted by Gasteiger charge is 2.51. The van der Waals surface area contributed by atoms with E-state index in [1.807, 2.05) is 19.9 Å². The minimum absolute atomic E-state index is 0.101. The molecule has 0 amide bonds. The van der Waals surface area contributed by atoms with Gasteiger partial charge in [0.05, 0.1) is 79.6 Å². The summed E-state index contributed by atoms with van der Waals surface area (Å²) in [6.45, 7) is 5.29. The number of aliphatic carboxylic acids is 1. The number of aliphatic hydroxyl groups is 10. The maximum absolute atomic E-state index is 13.3. The van der Waals surface area contributed by atoms with Crippen molar-refractivity contribution in [2.24, 2.45) is 23.5 Å². The molecule has 3 heterocycles. The van der Waals surface area contributed by atoms with Crippen molar-refractivity contribution in [3.8, 4) is 0 Å². The van der Waals surface area contributed by atoms with Gasteiger partial charge in [0.2, 0.25) is 0 Å². The number of ether oxygens (including phenoxy) is 4. The van der Waals surface area contributed by atoms with Crippen LogP contribution in [0.25, 0.3) is 0 Å². The van der Waals surface area contributed by atoms with Crippen molar-refractivity contribution in [3.63, 3.8) is 0 Å². The third-order valence-corrected chi connectivity index (χ3v) is 14.3. The summed E-state index contributed by atoms with van der Waals surface area (Å²) in [6.07, 6.45) is 5.92. The highest BCUT2D eigenvalue weighted by molar-refractivity contribution is 5.96. The number of hydrogen-bond acceptors (Lipinski definition) is 19.